The maximum absolute atomic E-state index is 13.9. The smallest absolute Gasteiger partial charge is 0.460 e. The molecule has 0 rings (SSSR count). The number of quaternary nitrogens is 2. The Morgan fingerprint density at radius 2 is 0.578 bits per heavy atom. The first-order valence-corrected chi connectivity index (χ1v) is 17.0. The lowest BCUT2D eigenvalue weighted by atomic mass is 9.92. The number of likely N-dealkylation sites (N-methyl/N-ethyl adjacent to an activating group) is 2. The molecule has 34 heteroatoms. The average Bonchev–Trinajstić information content (AvgIpc) is 3.03. The van der Waals surface area contributed by atoms with Gasteiger partial charge >= 0.3 is 71.6 Å². The van der Waals surface area contributed by atoms with Gasteiger partial charge in [-0.3, -0.25) is 9.59 Å². The van der Waals surface area contributed by atoms with Gasteiger partial charge in [0.25, 0.3) is 11.8 Å². The Labute approximate surface area is 366 Å². The van der Waals surface area contributed by atoms with Crippen LogP contribution < -0.4 is 44.6 Å². The molecule has 0 heterocycles. The topological polar surface area (TPSA) is 58.2 Å². The summed E-state index contributed by atoms with van der Waals surface area (Å²) in [5.41, 5.74) is 0. The van der Waals surface area contributed by atoms with Crippen LogP contribution in [0.1, 0.15) is 38.5 Å². The highest BCUT2D eigenvalue weighted by Gasteiger charge is 2.92. The fourth-order valence-corrected chi connectivity index (χ4v) is 5.12. The zero-order chi connectivity index (χ0) is 50.1. The summed E-state index contributed by atoms with van der Waals surface area (Å²) in [5.74, 6) is -78.2. The summed E-state index contributed by atoms with van der Waals surface area (Å²) in [6.07, 6.45) is -19.3. The van der Waals surface area contributed by atoms with Gasteiger partial charge in [0.05, 0.1) is 41.3 Å². The van der Waals surface area contributed by atoms with Gasteiger partial charge in [-0.1, -0.05) is 0 Å². The minimum atomic E-state index is -8.07. The first kappa shape index (κ1) is 66.3. The summed E-state index contributed by atoms with van der Waals surface area (Å²) in [5, 5.41) is 3.10. The normalized spacial score (nSPS) is 15.0. The highest BCUT2D eigenvalue weighted by atomic mass is 79.9. The van der Waals surface area contributed by atoms with Crippen molar-refractivity contribution in [2.75, 3.05) is 67.5 Å². The van der Waals surface area contributed by atoms with Crippen LogP contribution in [0.15, 0.2) is 0 Å². The van der Waals surface area contributed by atoms with Crippen LogP contribution in [0.25, 0.3) is 0 Å². The Bertz CT molecular complexity index is 1410. The first-order chi connectivity index (χ1) is 26.9. The summed E-state index contributed by atoms with van der Waals surface area (Å²) in [4.78, 5) is 24.3. The number of carbonyl (C=O) groups is 2. The van der Waals surface area contributed by atoms with E-state index in [4.69, 9.17) is 0 Å². The Balaban J connectivity index is -0.0000186. The highest BCUT2D eigenvalue weighted by molar-refractivity contribution is 5.77. The zero-order valence-corrected chi connectivity index (χ0v) is 36.0. The number of halogens is 28. The molecule has 0 fully saturated rings. The lowest BCUT2D eigenvalue weighted by Crippen LogP contribution is -3.00. The van der Waals surface area contributed by atoms with Gasteiger partial charge in [0.15, 0.2) is 13.1 Å². The van der Waals surface area contributed by atoms with Crippen molar-refractivity contribution >= 4 is 11.8 Å². The molecule has 386 valence electrons. The van der Waals surface area contributed by atoms with Gasteiger partial charge in [-0.15, -0.1) is 0 Å². The molecule has 0 aromatic heterocycles. The van der Waals surface area contributed by atoms with Crippen LogP contribution in [0.5, 0.6) is 0 Å². The number of carbonyl (C=O) groups excluding carboxylic acids is 2. The second-order valence-electron chi connectivity index (χ2n) is 15.2. The maximum atomic E-state index is 13.9. The van der Waals surface area contributed by atoms with Crippen LogP contribution in [-0.2, 0) is 9.59 Å². The first-order valence-electron chi connectivity index (χ1n) is 17.0. The summed E-state index contributed by atoms with van der Waals surface area (Å²) in [6.45, 7) is -4.53. The Hall–Kier alpha value is -2.00. The molecule has 0 spiro atoms. The van der Waals surface area contributed by atoms with Crippen molar-refractivity contribution in [3.8, 4) is 0 Å². The van der Waals surface area contributed by atoms with E-state index in [0.29, 0.717) is 12.8 Å². The van der Waals surface area contributed by atoms with Crippen LogP contribution in [-0.4, -0.2) is 160 Å². The third kappa shape index (κ3) is 13.8. The molecule has 2 N–H and O–H groups in total. The number of hydrogen-bond acceptors (Lipinski definition) is 2. The minimum Gasteiger partial charge on any atom is -1.00 e. The molecular formula is C30H38Br2F26N4O2. The molecule has 0 aliphatic carbocycles. The molecule has 0 unspecified atom stereocenters. The lowest BCUT2D eigenvalue weighted by molar-refractivity contribution is -0.883. The molecule has 64 heavy (non-hydrogen) atoms. The number of alkyl halides is 26. The summed E-state index contributed by atoms with van der Waals surface area (Å²) >= 11 is 0. The number of nitrogens with zero attached hydrogens (tertiary/aromatic N) is 2. The van der Waals surface area contributed by atoms with Gasteiger partial charge in [0, 0.05) is 25.9 Å². The quantitative estimate of drug-likeness (QED) is 0.0840. The molecule has 2 amide bonds. The molecular weight excluding hydrogens is 1100 g/mol. The Morgan fingerprint density at radius 1 is 0.359 bits per heavy atom. The summed E-state index contributed by atoms with van der Waals surface area (Å²) in [6, 6.07) is 0. The van der Waals surface area contributed by atoms with Gasteiger partial charge in [0.1, 0.15) is 0 Å². The second-order valence-corrected chi connectivity index (χ2v) is 15.2. The third-order valence-corrected chi connectivity index (χ3v) is 8.94. The molecule has 6 nitrogen and oxygen atoms in total. The van der Waals surface area contributed by atoms with E-state index in [2.05, 4.69) is 0 Å². The molecule has 0 radical (unpaired) electrons. The van der Waals surface area contributed by atoms with Gasteiger partial charge < -0.3 is 53.6 Å². The molecule has 0 aromatic rings. The molecule has 0 aliphatic rings. The number of rotatable bonds is 25. The van der Waals surface area contributed by atoms with Crippen LogP contribution in [0.2, 0.25) is 0 Å². The predicted molar refractivity (Wildman–Crippen MR) is 159 cm³/mol. The minimum absolute atomic E-state index is 0. The van der Waals surface area contributed by atoms with Gasteiger partial charge in [-0.05, 0) is 25.7 Å². The molecule has 0 aliphatic heterocycles. The van der Waals surface area contributed by atoms with Crippen molar-refractivity contribution in [3.05, 3.63) is 0 Å². The third-order valence-electron chi connectivity index (χ3n) is 8.94. The van der Waals surface area contributed by atoms with Crippen LogP contribution in [0.3, 0.4) is 0 Å². The van der Waals surface area contributed by atoms with E-state index < -0.39 is 122 Å². The van der Waals surface area contributed by atoms with E-state index in [9.17, 15) is 124 Å². The van der Waals surface area contributed by atoms with Crippen molar-refractivity contribution in [3.63, 3.8) is 0 Å². The van der Waals surface area contributed by atoms with E-state index in [1.165, 1.54) is 28.2 Å². The van der Waals surface area contributed by atoms with Crippen LogP contribution >= 0.6 is 0 Å². The predicted octanol–water partition coefficient (Wildman–Crippen LogP) is 3.20. The van der Waals surface area contributed by atoms with E-state index in [-0.39, 0.29) is 68.9 Å². The lowest BCUT2D eigenvalue weighted by Gasteiger charge is -2.39. The van der Waals surface area contributed by atoms with Crippen molar-refractivity contribution in [2.45, 2.75) is 110 Å². The molecule has 0 aromatic carbocycles. The second kappa shape index (κ2) is 21.1. The molecule has 0 saturated carbocycles. The van der Waals surface area contributed by atoms with E-state index in [1.54, 1.807) is 10.6 Å². The fraction of sp³-hybridized carbons (Fsp3) is 0.933. The van der Waals surface area contributed by atoms with Gasteiger partial charge in [0.2, 0.25) is 0 Å². The molecule has 0 saturated heterocycles. The molecule has 0 atom stereocenters. The number of hydrogen-bond donors (Lipinski definition) is 2. The maximum Gasteiger partial charge on any atom is 0.460 e. The number of unbranched alkanes of at least 4 members (excludes halogenated alkanes) is 3. The summed E-state index contributed by atoms with van der Waals surface area (Å²) in [7, 11) is 5.37. The fourth-order valence-electron chi connectivity index (χ4n) is 5.12. The van der Waals surface area contributed by atoms with E-state index in [0.717, 1.165) is 0 Å². The van der Waals surface area contributed by atoms with Crippen molar-refractivity contribution in [1.82, 2.24) is 10.6 Å². The van der Waals surface area contributed by atoms with Crippen molar-refractivity contribution in [2.24, 2.45) is 0 Å². The zero-order valence-electron chi connectivity index (χ0n) is 32.8. The standard InChI is InChI=1S/C30H36F26N4O2.2BrH/c1-59(2,15-17(61)57-11-9-19(31,32)21(35,36)23(39,40)25(43,44)27(47,48)29(51,52)53)13-7-5-6-8-14-60(3,4)16-18(62)58-12-10-20(33,34)22(37,38)24(41,42)26(45,46)28(49,50)30(54,55)56;;/h5-16H2,1-4H3;2*1H. The Morgan fingerprint density at radius 3 is 0.797 bits per heavy atom. The van der Waals surface area contributed by atoms with Gasteiger partial charge in [-0.2, -0.15) is 114 Å². The monoisotopic (exact) mass is 1140 g/mol. The van der Waals surface area contributed by atoms with Crippen molar-refractivity contribution < 1.29 is 167 Å². The number of nitrogens with one attached hydrogen (secondary N) is 2. The summed E-state index contributed by atoms with van der Waals surface area (Å²) < 4.78 is 344. The molecule has 0 bridgehead atoms. The van der Waals surface area contributed by atoms with E-state index in [1.807, 2.05) is 0 Å². The SMILES string of the molecule is C[N+](C)(CCCCCC[N+](C)(C)CC(=O)NCCC(F)(F)C(F)(F)C(F)(F)C(F)(F)C(F)(F)C(F)(F)F)CC(=O)NCCC(F)(F)C(F)(F)C(F)(F)C(F)(F)C(F)(F)C(F)(F)F.[Br-].[Br-]. The largest absolute Gasteiger partial charge is 1.00 e. The Kier molecular flexibility index (Phi) is 21.9. The highest BCUT2D eigenvalue weighted by Crippen LogP contribution is 2.62. The van der Waals surface area contributed by atoms with E-state index >= 15 is 0 Å². The average molecular weight is 1140 g/mol. The van der Waals surface area contributed by atoms with Crippen LogP contribution in [0, 0.1) is 0 Å². The number of amides is 2. The van der Waals surface area contributed by atoms with Gasteiger partial charge in [-0.25, -0.2) is 0 Å². The van der Waals surface area contributed by atoms with Crippen LogP contribution in [0.4, 0.5) is 114 Å². The van der Waals surface area contributed by atoms with Crippen molar-refractivity contribution in [1.29, 1.82) is 0 Å².